The van der Waals surface area contributed by atoms with Crippen molar-refractivity contribution in [3.63, 3.8) is 0 Å². The summed E-state index contributed by atoms with van der Waals surface area (Å²) in [5, 5.41) is 0. The molecule has 0 aromatic heterocycles. The largest absolute Gasteiger partial charge is 0.377 e. The van der Waals surface area contributed by atoms with E-state index in [1.807, 2.05) is 0 Å². The van der Waals surface area contributed by atoms with Gasteiger partial charge in [0, 0.05) is 6.61 Å². The molecule has 0 radical (unpaired) electrons. The van der Waals surface area contributed by atoms with Crippen LogP contribution in [0.4, 0.5) is 0 Å². The fraction of sp³-hybridized carbons (Fsp3) is 0.818. The molecule has 1 heteroatoms. The van der Waals surface area contributed by atoms with E-state index in [-0.39, 0.29) is 0 Å². The predicted molar refractivity (Wildman–Crippen MR) is 101 cm³/mol. The lowest BCUT2D eigenvalue weighted by Crippen LogP contribution is -2.27. The van der Waals surface area contributed by atoms with E-state index in [9.17, 15) is 0 Å². The number of hydrogen-bond acceptors (Lipinski definition) is 1. The summed E-state index contributed by atoms with van der Waals surface area (Å²) in [5.41, 5.74) is 0. The van der Waals surface area contributed by atoms with Crippen LogP contribution in [0, 0.1) is 23.7 Å². The molecule has 0 saturated heterocycles. The average Bonchev–Trinajstić information content (AvgIpc) is 2.60. The second-order valence-corrected chi connectivity index (χ2v) is 7.81. The zero-order chi connectivity index (χ0) is 16.3. The van der Waals surface area contributed by atoms with Gasteiger partial charge in [-0.2, -0.15) is 0 Å². The highest BCUT2D eigenvalue weighted by molar-refractivity contribution is 4.84. The van der Waals surface area contributed by atoms with Gasteiger partial charge in [0.1, 0.15) is 0 Å². The molecule has 0 atom stereocenters. The van der Waals surface area contributed by atoms with E-state index < -0.39 is 0 Å². The molecule has 2 fully saturated rings. The summed E-state index contributed by atoms with van der Waals surface area (Å²) in [6.45, 7) is 5.98. The molecular formula is C22H38O. The van der Waals surface area contributed by atoms with Crippen molar-refractivity contribution < 1.29 is 4.74 Å². The first-order chi connectivity index (χ1) is 11.3. The molecule has 1 nitrogen and oxygen atoms in total. The molecule has 0 bridgehead atoms. The van der Waals surface area contributed by atoms with Gasteiger partial charge in [-0.15, -0.1) is 0 Å². The second-order valence-electron chi connectivity index (χ2n) is 7.81. The van der Waals surface area contributed by atoms with Crippen LogP contribution in [-0.2, 0) is 4.74 Å². The highest BCUT2D eigenvalue weighted by Crippen LogP contribution is 2.42. The van der Waals surface area contributed by atoms with Crippen molar-refractivity contribution in [2.75, 3.05) is 13.2 Å². The fourth-order valence-corrected chi connectivity index (χ4v) is 4.67. The molecule has 0 aliphatic heterocycles. The van der Waals surface area contributed by atoms with Crippen LogP contribution in [-0.4, -0.2) is 13.2 Å². The first-order valence-electron chi connectivity index (χ1n) is 10.1. The maximum atomic E-state index is 5.76. The number of allylic oxidation sites excluding steroid dienone is 3. The third-order valence-electron chi connectivity index (χ3n) is 6.23. The Morgan fingerprint density at radius 3 is 1.87 bits per heavy atom. The minimum Gasteiger partial charge on any atom is -0.377 e. The van der Waals surface area contributed by atoms with Gasteiger partial charge in [0.2, 0.25) is 0 Å². The monoisotopic (exact) mass is 318 g/mol. The normalized spacial score (nSPS) is 32.8. The maximum absolute atomic E-state index is 5.76. The number of hydrogen-bond donors (Lipinski definition) is 0. The van der Waals surface area contributed by atoms with Gasteiger partial charge >= 0.3 is 0 Å². The van der Waals surface area contributed by atoms with Crippen molar-refractivity contribution >= 4 is 0 Å². The van der Waals surface area contributed by atoms with Gasteiger partial charge in [-0.25, -0.2) is 0 Å². The lowest BCUT2D eigenvalue weighted by atomic mass is 9.69. The lowest BCUT2D eigenvalue weighted by Gasteiger charge is -2.37. The van der Waals surface area contributed by atoms with E-state index in [0.717, 1.165) is 36.9 Å². The van der Waals surface area contributed by atoms with Crippen molar-refractivity contribution in [1.29, 1.82) is 0 Å². The third kappa shape index (κ3) is 6.83. The molecule has 2 saturated carbocycles. The van der Waals surface area contributed by atoms with E-state index in [1.165, 1.54) is 64.2 Å². The third-order valence-corrected chi connectivity index (χ3v) is 6.23. The van der Waals surface area contributed by atoms with Crippen LogP contribution in [0.2, 0.25) is 0 Å². The molecule has 0 aromatic carbocycles. The van der Waals surface area contributed by atoms with E-state index >= 15 is 0 Å². The van der Waals surface area contributed by atoms with Crippen molar-refractivity contribution in [2.45, 2.75) is 78.1 Å². The van der Waals surface area contributed by atoms with E-state index in [0.29, 0.717) is 0 Å². The maximum Gasteiger partial charge on any atom is 0.0647 e. The molecule has 0 spiro atoms. The fourth-order valence-electron chi connectivity index (χ4n) is 4.67. The summed E-state index contributed by atoms with van der Waals surface area (Å²) in [6.07, 6.45) is 23.2. The quantitative estimate of drug-likeness (QED) is 0.364. The molecule has 23 heavy (non-hydrogen) atoms. The minimum atomic E-state index is 0.799. The van der Waals surface area contributed by atoms with Gasteiger partial charge < -0.3 is 4.74 Å². The van der Waals surface area contributed by atoms with Gasteiger partial charge in [-0.05, 0) is 88.9 Å². The van der Waals surface area contributed by atoms with Gasteiger partial charge in [-0.1, -0.05) is 37.1 Å². The average molecular weight is 319 g/mol. The summed E-state index contributed by atoms with van der Waals surface area (Å²) in [4.78, 5) is 0. The summed E-state index contributed by atoms with van der Waals surface area (Å²) < 4.78 is 5.76. The van der Waals surface area contributed by atoms with Gasteiger partial charge in [0.25, 0.3) is 0 Å². The Morgan fingerprint density at radius 2 is 1.30 bits per heavy atom. The Labute approximate surface area is 144 Å². The molecule has 132 valence electrons. The topological polar surface area (TPSA) is 9.23 Å². The summed E-state index contributed by atoms with van der Waals surface area (Å²) in [7, 11) is 0. The van der Waals surface area contributed by atoms with Crippen LogP contribution >= 0.6 is 0 Å². The van der Waals surface area contributed by atoms with E-state index in [2.05, 4.69) is 38.2 Å². The molecule has 0 aromatic rings. The SMILES string of the molecule is CC=CCCC1CCC(C2CCC(COCC=CC)CC2)CC1. The van der Waals surface area contributed by atoms with Crippen molar-refractivity contribution in [3.05, 3.63) is 24.3 Å². The molecule has 0 amide bonds. The van der Waals surface area contributed by atoms with Gasteiger partial charge in [-0.3, -0.25) is 0 Å². The highest BCUT2D eigenvalue weighted by Gasteiger charge is 2.30. The van der Waals surface area contributed by atoms with Gasteiger partial charge in [0.15, 0.2) is 0 Å². The smallest absolute Gasteiger partial charge is 0.0647 e. The first kappa shape index (κ1) is 18.8. The minimum absolute atomic E-state index is 0.799. The summed E-state index contributed by atoms with van der Waals surface area (Å²) in [5.74, 6) is 3.91. The first-order valence-corrected chi connectivity index (χ1v) is 10.1. The highest BCUT2D eigenvalue weighted by atomic mass is 16.5. The lowest BCUT2D eigenvalue weighted by molar-refractivity contribution is 0.0780. The molecule has 0 N–H and O–H groups in total. The van der Waals surface area contributed by atoms with Crippen molar-refractivity contribution in [3.8, 4) is 0 Å². The standard InChI is InChI=1S/C22H38O/c1-3-5-7-8-19-9-13-21(14-10-19)22-15-11-20(12-16-22)18-23-17-6-4-2/h3-6,19-22H,7-18H2,1-2H3. The second kappa shape index (κ2) is 11.1. The predicted octanol–water partition coefficient (Wildman–Crippen LogP) is 6.55. The molecule has 2 rings (SSSR count). The summed E-state index contributed by atoms with van der Waals surface area (Å²) in [6, 6.07) is 0. The Balaban J connectivity index is 1.59. The number of ether oxygens (including phenoxy) is 1. The molecule has 0 heterocycles. The van der Waals surface area contributed by atoms with Crippen molar-refractivity contribution in [2.24, 2.45) is 23.7 Å². The summed E-state index contributed by atoms with van der Waals surface area (Å²) >= 11 is 0. The Bertz CT molecular complexity index is 341. The van der Waals surface area contributed by atoms with Crippen LogP contribution in [0.25, 0.3) is 0 Å². The Morgan fingerprint density at radius 1 is 0.739 bits per heavy atom. The number of rotatable bonds is 8. The molecule has 2 aliphatic rings. The molecular weight excluding hydrogens is 280 g/mol. The molecule has 0 unspecified atom stereocenters. The van der Waals surface area contributed by atoms with Crippen LogP contribution < -0.4 is 0 Å². The van der Waals surface area contributed by atoms with E-state index in [4.69, 9.17) is 4.74 Å². The van der Waals surface area contributed by atoms with Crippen LogP contribution in [0.1, 0.15) is 78.1 Å². The Hall–Kier alpha value is -0.560. The van der Waals surface area contributed by atoms with Crippen LogP contribution in [0.15, 0.2) is 24.3 Å². The van der Waals surface area contributed by atoms with Crippen molar-refractivity contribution in [1.82, 2.24) is 0 Å². The molecule has 2 aliphatic carbocycles. The van der Waals surface area contributed by atoms with Crippen LogP contribution in [0.5, 0.6) is 0 Å². The van der Waals surface area contributed by atoms with E-state index in [1.54, 1.807) is 0 Å². The van der Waals surface area contributed by atoms with Gasteiger partial charge in [0.05, 0.1) is 6.61 Å². The van der Waals surface area contributed by atoms with Crippen LogP contribution in [0.3, 0.4) is 0 Å². The Kier molecular flexibility index (Phi) is 9.04. The zero-order valence-corrected chi connectivity index (χ0v) is 15.5. The zero-order valence-electron chi connectivity index (χ0n) is 15.5.